The van der Waals surface area contributed by atoms with Crippen molar-refractivity contribution in [3.8, 4) is 23.3 Å². The van der Waals surface area contributed by atoms with E-state index in [0.717, 1.165) is 54.6 Å². The molecule has 35 heavy (non-hydrogen) atoms. The van der Waals surface area contributed by atoms with E-state index in [4.69, 9.17) is 4.84 Å². The summed E-state index contributed by atoms with van der Waals surface area (Å²) in [5.41, 5.74) is 5.35. The number of hydrogen-bond acceptors (Lipinski definition) is 5. The van der Waals surface area contributed by atoms with E-state index in [1.165, 1.54) is 24.5 Å². The number of nitrogens with zero attached hydrogens (tertiary/aromatic N) is 2. The van der Waals surface area contributed by atoms with E-state index in [0.29, 0.717) is 6.54 Å². The lowest BCUT2D eigenvalue weighted by molar-refractivity contribution is 0.313. The summed E-state index contributed by atoms with van der Waals surface area (Å²) in [6.45, 7) is 5.93. The highest BCUT2D eigenvalue weighted by molar-refractivity contribution is 5.56. The Bertz CT molecular complexity index is 1130. The molecule has 5 heteroatoms. The Morgan fingerprint density at radius 3 is 2.09 bits per heavy atom. The van der Waals surface area contributed by atoms with Crippen molar-refractivity contribution in [3.05, 3.63) is 93.9 Å². The standard InChI is InChI=1S/C30H34N2O3/c1-3-5-6-7-21-32(28-19-20-29(33)30(22-28)35-31-34)23-27-17-15-26(16-18-27)14-13-25-11-9-24(8-4-2)10-12-25/h9-12,15-20,22,33H,3-8,21,23H2,1-2H3. The highest BCUT2D eigenvalue weighted by Gasteiger charge is 2.12. The van der Waals surface area contributed by atoms with Crippen molar-refractivity contribution in [2.75, 3.05) is 11.4 Å². The van der Waals surface area contributed by atoms with Gasteiger partial charge in [0.15, 0.2) is 11.1 Å². The molecule has 0 saturated carbocycles. The van der Waals surface area contributed by atoms with Crippen molar-refractivity contribution in [2.45, 2.75) is 58.9 Å². The van der Waals surface area contributed by atoms with Crippen LogP contribution >= 0.6 is 0 Å². The van der Waals surface area contributed by atoms with E-state index in [1.54, 1.807) is 6.07 Å². The first-order valence-corrected chi connectivity index (χ1v) is 12.4. The van der Waals surface area contributed by atoms with Crippen LogP contribution in [0.2, 0.25) is 0 Å². The van der Waals surface area contributed by atoms with Gasteiger partial charge >= 0.3 is 0 Å². The quantitative estimate of drug-likeness (QED) is 0.130. The lowest BCUT2D eigenvalue weighted by atomic mass is 10.1. The molecule has 0 heterocycles. The zero-order valence-corrected chi connectivity index (χ0v) is 20.7. The fourth-order valence-corrected chi connectivity index (χ4v) is 3.94. The summed E-state index contributed by atoms with van der Waals surface area (Å²) in [6.07, 6.45) is 6.81. The van der Waals surface area contributed by atoms with Crippen molar-refractivity contribution >= 4 is 5.69 Å². The molecule has 0 aromatic heterocycles. The van der Waals surface area contributed by atoms with Crippen LogP contribution in [-0.2, 0) is 13.0 Å². The van der Waals surface area contributed by atoms with Gasteiger partial charge in [-0.3, -0.25) is 0 Å². The second kappa shape index (κ2) is 13.8. The molecule has 0 aliphatic heterocycles. The minimum Gasteiger partial charge on any atom is -0.504 e. The molecule has 1 N–H and O–H groups in total. The minimum absolute atomic E-state index is 0.0596. The number of aromatic hydroxyl groups is 1. The highest BCUT2D eigenvalue weighted by Crippen LogP contribution is 2.32. The number of benzene rings is 3. The van der Waals surface area contributed by atoms with E-state index in [9.17, 15) is 10.0 Å². The molecule has 3 rings (SSSR count). The highest BCUT2D eigenvalue weighted by atomic mass is 16.7. The van der Waals surface area contributed by atoms with Gasteiger partial charge < -0.3 is 14.8 Å². The van der Waals surface area contributed by atoms with Gasteiger partial charge in [0.2, 0.25) is 5.75 Å². The smallest absolute Gasteiger partial charge is 0.205 e. The molecule has 3 aromatic carbocycles. The number of phenols is 1. The molecule has 0 fully saturated rings. The molecule has 0 saturated heterocycles. The van der Waals surface area contributed by atoms with Crippen molar-refractivity contribution in [2.24, 2.45) is 5.34 Å². The predicted molar refractivity (Wildman–Crippen MR) is 143 cm³/mol. The molecule has 0 amide bonds. The number of hydrogen-bond donors (Lipinski definition) is 1. The normalized spacial score (nSPS) is 10.3. The predicted octanol–water partition coefficient (Wildman–Crippen LogP) is 7.39. The number of phenolic OH excluding ortho intramolecular Hbond substituents is 1. The molecule has 0 aliphatic rings. The lowest BCUT2D eigenvalue weighted by Gasteiger charge is -2.25. The van der Waals surface area contributed by atoms with E-state index in [-0.39, 0.29) is 11.5 Å². The van der Waals surface area contributed by atoms with Crippen molar-refractivity contribution in [1.29, 1.82) is 0 Å². The number of anilines is 1. The maximum absolute atomic E-state index is 10.6. The topological polar surface area (TPSA) is 62.1 Å². The maximum Gasteiger partial charge on any atom is 0.205 e. The largest absolute Gasteiger partial charge is 0.504 e. The number of rotatable bonds is 12. The molecule has 5 nitrogen and oxygen atoms in total. The minimum atomic E-state index is -0.109. The molecular weight excluding hydrogens is 436 g/mol. The van der Waals surface area contributed by atoms with Gasteiger partial charge in [0.1, 0.15) is 0 Å². The van der Waals surface area contributed by atoms with Crippen LogP contribution in [0.4, 0.5) is 5.69 Å². The second-order valence-corrected chi connectivity index (χ2v) is 8.69. The van der Waals surface area contributed by atoms with Gasteiger partial charge in [0, 0.05) is 36.0 Å². The summed E-state index contributed by atoms with van der Waals surface area (Å²) in [6, 6.07) is 21.8. The molecular formula is C30H34N2O3. The van der Waals surface area contributed by atoms with Crippen LogP contribution in [0.25, 0.3) is 0 Å². The SMILES string of the molecule is CCCCCCN(Cc1ccc(C#Cc2ccc(CCC)cc2)cc1)c1ccc(O)c(ON=O)c1. The van der Waals surface area contributed by atoms with Crippen LogP contribution in [0, 0.1) is 16.7 Å². The Hall–Kier alpha value is -3.78. The molecule has 3 aromatic rings. The molecule has 182 valence electrons. The maximum atomic E-state index is 10.6. The van der Waals surface area contributed by atoms with Crippen LogP contribution in [0.3, 0.4) is 0 Å². The van der Waals surface area contributed by atoms with Crippen molar-refractivity contribution in [3.63, 3.8) is 0 Å². The van der Waals surface area contributed by atoms with Gasteiger partial charge in [-0.25, -0.2) is 0 Å². The fraction of sp³-hybridized carbons (Fsp3) is 0.333. The van der Waals surface area contributed by atoms with Gasteiger partial charge in [-0.05, 0) is 60.4 Å². The first-order chi connectivity index (χ1) is 17.1. The van der Waals surface area contributed by atoms with Crippen LogP contribution < -0.4 is 9.74 Å². The molecule has 0 spiro atoms. The Morgan fingerprint density at radius 2 is 1.49 bits per heavy atom. The summed E-state index contributed by atoms with van der Waals surface area (Å²) in [4.78, 5) is 17.5. The Balaban J connectivity index is 1.71. The van der Waals surface area contributed by atoms with Gasteiger partial charge in [-0.2, -0.15) is 0 Å². The first-order valence-electron chi connectivity index (χ1n) is 12.4. The third-order valence-corrected chi connectivity index (χ3v) is 5.90. The molecule has 0 radical (unpaired) electrons. The van der Waals surface area contributed by atoms with Crippen LogP contribution in [0.1, 0.15) is 68.2 Å². The third-order valence-electron chi connectivity index (χ3n) is 5.90. The third kappa shape index (κ3) is 8.19. The van der Waals surface area contributed by atoms with Gasteiger partial charge in [-0.15, -0.1) is 4.91 Å². The summed E-state index contributed by atoms with van der Waals surface area (Å²) in [5, 5.41) is 12.4. The van der Waals surface area contributed by atoms with Gasteiger partial charge in [0.05, 0.1) is 0 Å². The second-order valence-electron chi connectivity index (χ2n) is 8.69. The zero-order chi connectivity index (χ0) is 24.9. The summed E-state index contributed by atoms with van der Waals surface area (Å²) in [5.74, 6) is 6.45. The molecule has 0 bridgehead atoms. The van der Waals surface area contributed by atoms with Crippen LogP contribution in [0.5, 0.6) is 11.5 Å². The Labute approximate surface area is 208 Å². The summed E-state index contributed by atoms with van der Waals surface area (Å²) < 4.78 is 0. The van der Waals surface area contributed by atoms with E-state index in [2.05, 4.69) is 72.3 Å². The zero-order valence-electron chi connectivity index (χ0n) is 20.7. The fourth-order valence-electron chi connectivity index (χ4n) is 3.94. The Kier molecular flexibility index (Phi) is 10.2. The average Bonchev–Trinajstić information content (AvgIpc) is 2.88. The van der Waals surface area contributed by atoms with E-state index < -0.39 is 0 Å². The van der Waals surface area contributed by atoms with Gasteiger partial charge in [0.25, 0.3) is 0 Å². The van der Waals surface area contributed by atoms with E-state index in [1.807, 2.05) is 18.2 Å². The number of aryl methyl sites for hydroxylation is 1. The Morgan fingerprint density at radius 1 is 0.829 bits per heavy atom. The monoisotopic (exact) mass is 470 g/mol. The van der Waals surface area contributed by atoms with E-state index >= 15 is 0 Å². The molecule has 0 atom stereocenters. The first kappa shape index (κ1) is 25.8. The van der Waals surface area contributed by atoms with Crippen LogP contribution in [-0.4, -0.2) is 11.7 Å². The van der Waals surface area contributed by atoms with Gasteiger partial charge in [-0.1, -0.05) is 75.6 Å². The summed E-state index contributed by atoms with van der Waals surface area (Å²) in [7, 11) is 0. The average molecular weight is 471 g/mol. The molecule has 0 aliphatic carbocycles. The summed E-state index contributed by atoms with van der Waals surface area (Å²) >= 11 is 0. The van der Waals surface area contributed by atoms with Crippen LogP contribution in [0.15, 0.2) is 72.1 Å². The van der Waals surface area contributed by atoms with Crippen molar-refractivity contribution in [1.82, 2.24) is 0 Å². The van der Waals surface area contributed by atoms with Crippen molar-refractivity contribution < 1.29 is 9.94 Å². The molecule has 0 unspecified atom stereocenters. The number of unbranched alkanes of at least 4 members (excludes halogenated alkanes) is 3. The lowest BCUT2D eigenvalue weighted by Crippen LogP contribution is -2.24.